The molecule has 0 saturated carbocycles. The topological polar surface area (TPSA) is 91.3 Å². The minimum absolute atomic E-state index is 0.250. The molecule has 37 heavy (non-hydrogen) atoms. The number of pyridine rings is 1. The molecule has 0 unspecified atom stereocenters. The summed E-state index contributed by atoms with van der Waals surface area (Å²) in [6, 6.07) is 16.4. The third-order valence-electron chi connectivity index (χ3n) is 6.37. The monoisotopic (exact) mass is 548 g/mol. The van der Waals surface area contributed by atoms with Gasteiger partial charge in [0.1, 0.15) is 5.75 Å². The summed E-state index contributed by atoms with van der Waals surface area (Å²) in [6.07, 6.45) is 4.93. The molecular formula is C27H21ClN4O3S2. The second-order valence-corrected chi connectivity index (χ2v) is 11.2. The van der Waals surface area contributed by atoms with Gasteiger partial charge >= 0.3 is 0 Å². The molecule has 2 N–H and O–H groups in total. The molecule has 0 fully saturated rings. The maximum Gasteiger partial charge on any atom is 0.290 e. The summed E-state index contributed by atoms with van der Waals surface area (Å²) in [5.74, 6) is 0.770. The van der Waals surface area contributed by atoms with Crippen molar-refractivity contribution in [2.45, 2.75) is 19.5 Å². The third kappa shape index (κ3) is 4.78. The van der Waals surface area contributed by atoms with Crippen LogP contribution in [0, 0.1) is 0 Å². The second kappa shape index (κ2) is 10.1. The molecule has 0 spiro atoms. The van der Waals surface area contributed by atoms with E-state index in [1.807, 2.05) is 41.7 Å². The van der Waals surface area contributed by atoms with Crippen molar-refractivity contribution in [2.24, 2.45) is 0 Å². The zero-order chi connectivity index (χ0) is 25.4. The van der Waals surface area contributed by atoms with Crippen LogP contribution in [0.25, 0.3) is 31.3 Å². The Bertz CT molecular complexity index is 1710. The van der Waals surface area contributed by atoms with Crippen LogP contribution in [0.5, 0.6) is 10.9 Å². The van der Waals surface area contributed by atoms with Crippen LogP contribution in [0.4, 0.5) is 0 Å². The molecule has 0 amide bonds. The van der Waals surface area contributed by atoms with E-state index in [4.69, 9.17) is 26.2 Å². The Kier molecular flexibility index (Phi) is 6.52. The number of aromatic nitrogens is 3. The molecule has 2 aromatic carbocycles. The van der Waals surface area contributed by atoms with E-state index >= 15 is 0 Å². The number of thiazole rings is 1. The highest BCUT2D eigenvalue weighted by molar-refractivity contribution is 7.20. The number of carboxylic acid groups (broad SMARTS) is 1. The van der Waals surface area contributed by atoms with Gasteiger partial charge in [-0.1, -0.05) is 22.9 Å². The van der Waals surface area contributed by atoms with Crippen molar-refractivity contribution in [3.63, 3.8) is 0 Å². The Morgan fingerprint density at radius 2 is 2.03 bits per heavy atom. The zero-order valence-electron chi connectivity index (χ0n) is 19.5. The van der Waals surface area contributed by atoms with Gasteiger partial charge in [-0.25, -0.2) is 4.98 Å². The van der Waals surface area contributed by atoms with Crippen LogP contribution >= 0.6 is 34.3 Å². The predicted molar refractivity (Wildman–Crippen MR) is 149 cm³/mol. The van der Waals surface area contributed by atoms with E-state index in [0.29, 0.717) is 5.19 Å². The number of nitrogens with one attached hydrogen (secondary N) is 1. The number of ether oxygens (including phenoxy) is 1. The molecule has 7 rings (SSSR count). The highest BCUT2D eigenvalue weighted by atomic mass is 35.5. The van der Waals surface area contributed by atoms with Crippen LogP contribution in [0.3, 0.4) is 0 Å². The van der Waals surface area contributed by atoms with Crippen molar-refractivity contribution in [1.82, 2.24) is 19.9 Å². The number of benzene rings is 2. The first-order valence-corrected chi connectivity index (χ1v) is 13.6. The highest BCUT2D eigenvalue weighted by Gasteiger charge is 2.22. The number of halogens is 1. The number of fused-ring (bicyclic) bond motifs is 5. The molecule has 186 valence electrons. The summed E-state index contributed by atoms with van der Waals surface area (Å²) in [4.78, 5) is 24.5. The summed E-state index contributed by atoms with van der Waals surface area (Å²) in [6.45, 7) is 2.69. The minimum Gasteiger partial charge on any atom is -0.483 e. The average molecular weight is 549 g/mol. The molecule has 0 saturated heterocycles. The maximum atomic E-state index is 8.36. The lowest BCUT2D eigenvalue weighted by atomic mass is 10.0. The number of thiophene rings is 1. The largest absolute Gasteiger partial charge is 0.483 e. The number of nitrogens with zero attached hydrogens (tertiary/aromatic N) is 3. The number of rotatable bonds is 4. The zero-order valence-corrected chi connectivity index (χ0v) is 21.9. The van der Waals surface area contributed by atoms with E-state index in [0.717, 1.165) is 52.7 Å². The standard InChI is InChI=1S/C26H19ClN4OS2.CH2O2/c27-16-3-6-22-20(10-16)19-7-9-31(14-24(19)33-22)13-15-12-29-21-11-17(4-5-18(15)21)32-26-30-25-23(34-26)2-1-8-28-25;2-1-3/h1-6,8,10-12,29H,7,9,13-14H2;1H,(H,2,3). The molecule has 1 aliphatic heterocycles. The van der Waals surface area contributed by atoms with Gasteiger partial charge in [0.15, 0.2) is 5.65 Å². The molecule has 7 nitrogen and oxygen atoms in total. The predicted octanol–water partition coefficient (Wildman–Crippen LogP) is 7.09. The number of hydrogen-bond acceptors (Lipinski definition) is 7. The van der Waals surface area contributed by atoms with Crippen molar-refractivity contribution in [3.05, 3.63) is 82.0 Å². The molecule has 10 heteroatoms. The summed E-state index contributed by atoms with van der Waals surface area (Å²) >= 11 is 9.65. The van der Waals surface area contributed by atoms with E-state index in [2.05, 4.69) is 44.2 Å². The summed E-state index contributed by atoms with van der Waals surface area (Å²) < 4.78 is 8.39. The lowest BCUT2D eigenvalue weighted by Gasteiger charge is -2.26. The van der Waals surface area contributed by atoms with Crippen LogP contribution in [0.2, 0.25) is 5.02 Å². The maximum absolute atomic E-state index is 8.36. The van der Waals surface area contributed by atoms with Crippen LogP contribution in [-0.4, -0.2) is 38.0 Å². The van der Waals surface area contributed by atoms with Crippen LogP contribution < -0.4 is 4.74 Å². The van der Waals surface area contributed by atoms with Crippen LogP contribution in [0.15, 0.2) is 60.9 Å². The number of aromatic amines is 1. The van der Waals surface area contributed by atoms with Gasteiger partial charge in [0.25, 0.3) is 11.7 Å². The Balaban J connectivity index is 0.000000804. The van der Waals surface area contributed by atoms with Gasteiger partial charge in [-0.2, -0.15) is 4.98 Å². The smallest absolute Gasteiger partial charge is 0.290 e. The van der Waals surface area contributed by atoms with E-state index in [1.54, 1.807) is 6.20 Å². The molecule has 0 aliphatic carbocycles. The Morgan fingerprint density at radius 1 is 1.14 bits per heavy atom. The first kappa shape index (κ1) is 23.9. The molecule has 5 heterocycles. The fourth-order valence-electron chi connectivity index (χ4n) is 4.75. The quantitative estimate of drug-likeness (QED) is 0.228. The van der Waals surface area contributed by atoms with Gasteiger partial charge < -0.3 is 14.8 Å². The first-order chi connectivity index (χ1) is 18.1. The van der Waals surface area contributed by atoms with Crippen molar-refractivity contribution in [3.8, 4) is 10.9 Å². The van der Waals surface area contributed by atoms with Gasteiger partial charge in [0.2, 0.25) is 0 Å². The van der Waals surface area contributed by atoms with E-state index in [-0.39, 0.29) is 6.47 Å². The Morgan fingerprint density at radius 3 is 2.89 bits per heavy atom. The van der Waals surface area contributed by atoms with Crippen molar-refractivity contribution >= 4 is 72.1 Å². The number of carbonyl (C=O) groups is 1. The fraction of sp³-hybridized carbons (Fsp3) is 0.148. The van der Waals surface area contributed by atoms with Crippen LogP contribution in [-0.2, 0) is 24.3 Å². The highest BCUT2D eigenvalue weighted by Crippen LogP contribution is 2.37. The lowest BCUT2D eigenvalue weighted by Crippen LogP contribution is -2.29. The molecular weight excluding hydrogens is 528 g/mol. The van der Waals surface area contributed by atoms with E-state index in [9.17, 15) is 0 Å². The van der Waals surface area contributed by atoms with Gasteiger partial charge in [-0.3, -0.25) is 9.69 Å². The summed E-state index contributed by atoms with van der Waals surface area (Å²) in [7, 11) is 0. The Labute approximate surface area is 224 Å². The first-order valence-electron chi connectivity index (χ1n) is 11.6. The SMILES string of the molecule is Clc1ccc2sc3c(c2c1)CCN(Cc1c[nH]c2cc(Oc4nc5ncccc5s4)ccc12)C3.O=CO. The molecule has 0 bridgehead atoms. The second-order valence-electron chi connectivity index (χ2n) is 8.64. The summed E-state index contributed by atoms with van der Waals surface area (Å²) in [5, 5.41) is 10.9. The molecule has 0 radical (unpaired) electrons. The fourth-order valence-corrected chi connectivity index (χ4v) is 7.00. The minimum atomic E-state index is -0.250. The van der Waals surface area contributed by atoms with Gasteiger partial charge in [0, 0.05) is 63.6 Å². The molecule has 0 atom stereocenters. The molecule has 1 aliphatic rings. The molecule has 6 aromatic rings. The average Bonchev–Trinajstić information content (AvgIpc) is 3.59. The van der Waals surface area contributed by atoms with E-state index < -0.39 is 0 Å². The van der Waals surface area contributed by atoms with Crippen molar-refractivity contribution < 1.29 is 14.6 Å². The van der Waals surface area contributed by atoms with Crippen molar-refractivity contribution in [1.29, 1.82) is 0 Å². The van der Waals surface area contributed by atoms with Gasteiger partial charge in [0.05, 0.1) is 4.70 Å². The lowest BCUT2D eigenvalue weighted by molar-refractivity contribution is -0.122. The van der Waals surface area contributed by atoms with Gasteiger partial charge in [-0.05, 0) is 65.4 Å². The van der Waals surface area contributed by atoms with Gasteiger partial charge in [-0.15, -0.1) is 11.3 Å². The van der Waals surface area contributed by atoms with Crippen molar-refractivity contribution in [2.75, 3.05) is 6.54 Å². The normalized spacial score (nSPS) is 13.4. The number of hydrogen-bond donors (Lipinski definition) is 2. The number of H-pyrrole nitrogens is 1. The Hall–Kier alpha value is -3.50. The van der Waals surface area contributed by atoms with Crippen LogP contribution in [0.1, 0.15) is 16.0 Å². The van der Waals surface area contributed by atoms with E-state index in [1.165, 1.54) is 42.8 Å². The molecule has 4 aromatic heterocycles. The third-order valence-corrected chi connectivity index (χ3v) is 8.69. The summed E-state index contributed by atoms with van der Waals surface area (Å²) in [5.41, 5.74) is 4.57.